The van der Waals surface area contributed by atoms with Crippen molar-refractivity contribution in [2.45, 2.75) is 136 Å². The number of carbonyl (C=O) groups is 1. The van der Waals surface area contributed by atoms with Gasteiger partial charge in [-0.05, 0) is 69.5 Å². The Labute approximate surface area is 270 Å². The zero-order chi connectivity index (χ0) is 32.0. The molecule has 3 rings (SSSR count). The van der Waals surface area contributed by atoms with Crippen LogP contribution in [0.4, 0.5) is 0 Å². The van der Waals surface area contributed by atoms with Crippen molar-refractivity contribution in [3.8, 4) is 17.2 Å². The predicted octanol–water partition coefficient (Wildman–Crippen LogP) is 12.3. The van der Waals surface area contributed by atoms with E-state index in [2.05, 4.69) is 65.2 Å². The average molecular weight is 635 g/mol. The van der Waals surface area contributed by atoms with Gasteiger partial charge in [0.25, 0.3) is 0 Å². The zero-order valence-corrected chi connectivity index (χ0v) is 30.7. The van der Waals surface area contributed by atoms with Crippen LogP contribution in [0.2, 0.25) is 38.3 Å². The molecule has 0 saturated carbocycles. The molecule has 4 nitrogen and oxygen atoms in total. The average Bonchev–Trinajstić information content (AvgIpc) is 2.98. The predicted molar refractivity (Wildman–Crippen MR) is 193 cm³/mol. The van der Waals surface area contributed by atoms with Crippen molar-refractivity contribution < 1.29 is 18.4 Å². The minimum atomic E-state index is -2.15. The molecule has 0 aliphatic carbocycles. The van der Waals surface area contributed by atoms with Gasteiger partial charge < -0.3 is 13.6 Å². The lowest BCUT2D eigenvalue weighted by Crippen LogP contribution is -2.35. The first-order chi connectivity index (χ1) is 21.0. The minimum Gasteiger partial charge on any atom is -0.544 e. The van der Waals surface area contributed by atoms with E-state index >= 15 is 0 Å². The molecule has 0 fully saturated rings. The van der Waals surface area contributed by atoms with Gasteiger partial charge in [0, 0.05) is 10.8 Å². The Balaban J connectivity index is 1.95. The van der Waals surface area contributed by atoms with Crippen LogP contribution in [0.3, 0.4) is 0 Å². The molecule has 44 heavy (non-hydrogen) atoms. The molecule has 0 bridgehead atoms. The summed E-state index contributed by atoms with van der Waals surface area (Å²) < 4.78 is 19.8. The number of aryl methyl sites for hydroxylation is 1. The number of rotatable bonds is 20. The van der Waals surface area contributed by atoms with E-state index in [0.29, 0.717) is 17.1 Å². The smallest absolute Gasteiger partial charge is 0.347 e. The summed E-state index contributed by atoms with van der Waals surface area (Å²) in [6.45, 7) is 15.8. The van der Waals surface area contributed by atoms with Crippen molar-refractivity contribution in [1.82, 2.24) is 0 Å². The Hall–Kier alpha value is -2.58. The van der Waals surface area contributed by atoms with Crippen molar-refractivity contribution in [3.05, 3.63) is 65.7 Å². The Morgan fingerprint density at radius 1 is 0.636 bits per heavy atom. The Kier molecular flexibility index (Phi) is 14.5. The van der Waals surface area contributed by atoms with Gasteiger partial charge in [0.2, 0.25) is 16.6 Å². The van der Waals surface area contributed by atoms with E-state index in [1.807, 2.05) is 36.4 Å². The summed E-state index contributed by atoms with van der Waals surface area (Å²) in [5, 5.41) is 1.95. The minimum absolute atomic E-state index is 0.404. The number of ether oxygens (including phenoxy) is 1. The summed E-state index contributed by atoms with van der Waals surface area (Å²) >= 11 is 0. The number of esters is 1. The molecule has 0 heterocycles. The third kappa shape index (κ3) is 11.7. The van der Waals surface area contributed by atoms with E-state index in [4.69, 9.17) is 13.6 Å². The van der Waals surface area contributed by atoms with Gasteiger partial charge in [0.15, 0.2) is 0 Å². The number of fused-ring (bicyclic) bond motifs is 1. The second-order valence-electron chi connectivity index (χ2n) is 13.8. The third-order valence-electron chi connectivity index (χ3n) is 8.41. The van der Waals surface area contributed by atoms with E-state index in [0.717, 1.165) is 40.6 Å². The Bertz CT molecular complexity index is 1300. The molecule has 0 N–H and O–H groups in total. The summed E-state index contributed by atoms with van der Waals surface area (Å²) in [4.78, 5) is 13.9. The molecule has 0 unspecified atom stereocenters. The zero-order valence-electron chi connectivity index (χ0n) is 28.7. The molecule has 0 saturated heterocycles. The number of hydrogen-bond acceptors (Lipinski definition) is 4. The summed E-state index contributed by atoms with van der Waals surface area (Å²) in [6.07, 6.45) is 15.2. The number of hydrogen-bond donors (Lipinski definition) is 0. The molecular weight excluding hydrogens is 577 g/mol. The molecule has 3 aromatic rings. The highest BCUT2D eigenvalue weighted by Gasteiger charge is 2.31. The van der Waals surface area contributed by atoms with Crippen LogP contribution >= 0.6 is 0 Å². The van der Waals surface area contributed by atoms with Crippen molar-refractivity contribution in [2.24, 2.45) is 0 Å². The third-order valence-corrected chi connectivity index (χ3v) is 13.1. The number of carbonyl (C=O) groups excluding carboxylic acids is 1. The van der Waals surface area contributed by atoms with Gasteiger partial charge in [0.05, 0.1) is 0 Å². The van der Waals surface area contributed by atoms with Gasteiger partial charge in [0.1, 0.15) is 22.8 Å². The molecule has 242 valence electrons. The van der Waals surface area contributed by atoms with E-state index in [1.54, 1.807) is 0 Å². The van der Waals surface area contributed by atoms with E-state index in [9.17, 15) is 4.79 Å². The lowest BCUT2D eigenvalue weighted by atomic mass is 10.0. The fourth-order valence-corrected chi connectivity index (χ4v) is 9.76. The van der Waals surface area contributed by atoms with Crippen molar-refractivity contribution in [3.63, 3.8) is 0 Å². The van der Waals surface area contributed by atoms with Gasteiger partial charge >= 0.3 is 5.97 Å². The highest BCUT2D eigenvalue weighted by Crippen LogP contribution is 2.41. The number of para-hydroxylation sites is 1. The first-order valence-corrected chi connectivity index (χ1v) is 23.5. The van der Waals surface area contributed by atoms with Crippen molar-refractivity contribution in [2.75, 3.05) is 0 Å². The van der Waals surface area contributed by atoms with Gasteiger partial charge in [-0.2, -0.15) is 0 Å². The van der Waals surface area contributed by atoms with Crippen LogP contribution in [0.25, 0.3) is 10.8 Å². The van der Waals surface area contributed by atoms with E-state index < -0.39 is 22.6 Å². The van der Waals surface area contributed by atoms with Crippen LogP contribution in [0.1, 0.15) is 107 Å². The lowest BCUT2D eigenvalue weighted by molar-refractivity contribution is 0.0732. The molecule has 0 spiro atoms. The summed E-state index contributed by atoms with van der Waals surface area (Å²) in [6, 6.07) is 19.7. The molecule has 0 radical (unpaired) electrons. The van der Waals surface area contributed by atoms with Crippen LogP contribution < -0.4 is 13.6 Å². The SMILES string of the molecule is CCCCCCCC[Si](C)(C)Oc1cc(C(=O)Oc2ccccc2)c(O[Si](C)(C)CCCCCCCC)c2ccc(C)cc12. The first-order valence-electron chi connectivity index (χ1n) is 17.3. The summed E-state index contributed by atoms with van der Waals surface area (Å²) in [5.74, 6) is 1.54. The normalized spacial score (nSPS) is 12.0. The fraction of sp³-hybridized carbons (Fsp3) is 0.553. The molecule has 0 aromatic heterocycles. The second-order valence-corrected chi connectivity index (χ2v) is 22.2. The first kappa shape index (κ1) is 35.9. The van der Waals surface area contributed by atoms with E-state index in [-0.39, 0.29) is 0 Å². The molecule has 0 aliphatic heterocycles. The number of benzene rings is 3. The van der Waals surface area contributed by atoms with Gasteiger partial charge in [-0.25, -0.2) is 4.79 Å². The Morgan fingerprint density at radius 3 is 1.77 bits per heavy atom. The largest absolute Gasteiger partial charge is 0.544 e. The second kappa shape index (κ2) is 17.8. The molecule has 0 atom stereocenters. The van der Waals surface area contributed by atoms with Crippen molar-refractivity contribution in [1.29, 1.82) is 0 Å². The summed E-state index contributed by atoms with van der Waals surface area (Å²) in [5.41, 5.74) is 1.61. The molecule has 0 aliphatic rings. The van der Waals surface area contributed by atoms with Crippen LogP contribution in [-0.4, -0.2) is 22.6 Å². The van der Waals surface area contributed by atoms with Crippen LogP contribution in [-0.2, 0) is 0 Å². The van der Waals surface area contributed by atoms with Crippen LogP contribution in [0, 0.1) is 6.92 Å². The number of unbranched alkanes of at least 4 members (excludes halogenated alkanes) is 10. The molecule has 0 amide bonds. The molecular formula is C38H58O4Si2. The molecule has 6 heteroatoms. The maximum absolute atomic E-state index is 13.9. The quantitative estimate of drug-likeness (QED) is 0.0537. The van der Waals surface area contributed by atoms with Crippen LogP contribution in [0.5, 0.6) is 17.2 Å². The lowest BCUT2D eigenvalue weighted by Gasteiger charge is -2.29. The highest BCUT2D eigenvalue weighted by atomic mass is 28.4. The topological polar surface area (TPSA) is 44.8 Å². The van der Waals surface area contributed by atoms with Crippen LogP contribution in [0.15, 0.2) is 54.6 Å². The maximum Gasteiger partial charge on any atom is 0.347 e. The standard InChI is InChI=1S/C38H58O4Si2/c1-8-10-12-14-16-21-27-43(4,5)41-36-30-35(38(39)40-32-23-19-18-20-24-32)37(33-26-25-31(3)29-34(33)36)42-44(6,7)28-22-17-15-13-11-9-2/h18-20,23-26,29-30H,8-17,21-22,27-28H2,1-7H3. The fourth-order valence-electron chi connectivity index (χ4n) is 5.81. The van der Waals surface area contributed by atoms with Crippen molar-refractivity contribution >= 4 is 33.4 Å². The monoisotopic (exact) mass is 634 g/mol. The van der Waals surface area contributed by atoms with Gasteiger partial charge in [-0.1, -0.05) is 127 Å². The Morgan fingerprint density at radius 2 is 1.18 bits per heavy atom. The molecule has 3 aromatic carbocycles. The maximum atomic E-state index is 13.9. The van der Waals surface area contributed by atoms with E-state index in [1.165, 1.54) is 70.6 Å². The van der Waals surface area contributed by atoms with Gasteiger partial charge in [-0.3, -0.25) is 0 Å². The highest BCUT2D eigenvalue weighted by molar-refractivity contribution is 6.72. The van der Waals surface area contributed by atoms with Gasteiger partial charge in [-0.15, -0.1) is 0 Å². The summed E-state index contributed by atoms with van der Waals surface area (Å²) in [7, 11) is -4.21.